The Morgan fingerprint density at radius 1 is 1.47 bits per heavy atom. The molecule has 4 heteroatoms. The number of hydrogen-bond acceptors (Lipinski definition) is 3. The number of nitrogens with two attached hydrogens (primary N) is 1. The number of nitrogen functional groups attached to an aromatic ring is 1. The molecule has 2 rings (SSSR count). The van der Waals surface area contributed by atoms with E-state index in [1.54, 1.807) is 6.08 Å². The van der Waals surface area contributed by atoms with Crippen molar-refractivity contribution in [2.45, 2.75) is 6.42 Å². The molecule has 1 aliphatic rings. The quantitative estimate of drug-likeness (QED) is 0.595. The lowest BCUT2D eigenvalue weighted by atomic mass is 10.1. The Morgan fingerprint density at radius 3 is 2.93 bits per heavy atom. The molecule has 0 aromatic heterocycles. The second kappa shape index (κ2) is 3.73. The van der Waals surface area contributed by atoms with Gasteiger partial charge in [0.15, 0.2) is 5.76 Å². The van der Waals surface area contributed by atoms with Crippen LogP contribution in [0.2, 0.25) is 0 Å². The van der Waals surface area contributed by atoms with Gasteiger partial charge in [-0.05, 0) is 18.2 Å². The van der Waals surface area contributed by atoms with Crippen molar-refractivity contribution in [2.24, 2.45) is 0 Å². The third-order valence-corrected chi connectivity index (χ3v) is 2.23. The summed E-state index contributed by atoms with van der Waals surface area (Å²) < 4.78 is 18.2. The number of Topliss-reactive ketones (excluding diaryl/α,β-unsaturated/α-hetero) is 1. The van der Waals surface area contributed by atoms with Crippen LogP contribution in [0.25, 0.3) is 0 Å². The topological polar surface area (TPSA) is 52.3 Å². The Morgan fingerprint density at radius 2 is 2.27 bits per heavy atom. The highest BCUT2D eigenvalue weighted by atomic mass is 19.1. The van der Waals surface area contributed by atoms with Crippen LogP contribution in [0, 0.1) is 5.82 Å². The molecular formula is C11H10FNO2. The predicted octanol–water partition coefficient (Wildman–Crippen LogP) is 1.89. The van der Waals surface area contributed by atoms with Crippen LogP contribution in [-0.2, 0) is 4.74 Å². The lowest BCUT2D eigenvalue weighted by Gasteiger charge is -2.06. The zero-order valence-electron chi connectivity index (χ0n) is 8.00. The van der Waals surface area contributed by atoms with Gasteiger partial charge in [0.2, 0.25) is 5.78 Å². The summed E-state index contributed by atoms with van der Waals surface area (Å²) >= 11 is 0. The van der Waals surface area contributed by atoms with Crippen LogP contribution in [-0.4, -0.2) is 12.4 Å². The summed E-state index contributed by atoms with van der Waals surface area (Å²) in [5, 5.41) is 0. The smallest absolute Gasteiger partial charge is 0.229 e. The van der Waals surface area contributed by atoms with Gasteiger partial charge in [0.05, 0.1) is 17.9 Å². The molecule has 2 N–H and O–H groups in total. The lowest BCUT2D eigenvalue weighted by Crippen LogP contribution is -2.08. The molecule has 0 spiro atoms. The zero-order valence-corrected chi connectivity index (χ0v) is 8.00. The SMILES string of the molecule is Nc1c(F)cccc1C(=O)C1=CCCO1. The molecule has 0 aliphatic carbocycles. The first kappa shape index (κ1) is 9.71. The van der Waals surface area contributed by atoms with E-state index in [4.69, 9.17) is 10.5 Å². The van der Waals surface area contributed by atoms with Crippen molar-refractivity contribution in [3.05, 3.63) is 41.4 Å². The maximum atomic E-state index is 13.1. The van der Waals surface area contributed by atoms with E-state index in [-0.39, 0.29) is 22.8 Å². The Kier molecular flexibility index (Phi) is 2.41. The average molecular weight is 207 g/mol. The van der Waals surface area contributed by atoms with Gasteiger partial charge in [-0.1, -0.05) is 6.07 Å². The summed E-state index contributed by atoms with van der Waals surface area (Å²) in [7, 11) is 0. The van der Waals surface area contributed by atoms with Gasteiger partial charge in [0.25, 0.3) is 0 Å². The van der Waals surface area contributed by atoms with Gasteiger partial charge in [-0.3, -0.25) is 4.79 Å². The molecule has 1 aromatic rings. The lowest BCUT2D eigenvalue weighted by molar-refractivity contribution is 0.0943. The van der Waals surface area contributed by atoms with E-state index < -0.39 is 5.82 Å². The van der Waals surface area contributed by atoms with Crippen molar-refractivity contribution < 1.29 is 13.9 Å². The third kappa shape index (κ3) is 1.70. The summed E-state index contributed by atoms with van der Waals surface area (Å²) in [6, 6.07) is 4.16. The summed E-state index contributed by atoms with van der Waals surface area (Å²) in [5.74, 6) is -0.684. The minimum Gasteiger partial charge on any atom is -0.489 e. The van der Waals surface area contributed by atoms with E-state index in [1.807, 2.05) is 0 Å². The first-order valence-corrected chi connectivity index (χ1v) is 4.62. The van der Waals surface area contributed by atoms with E-state index in [1.165, 1.54) is 18.2 Å². The molecule has 1 aromatic carbocycles. The van der Waals surface area contributed by atoms with Gasteiger partial charge in [-0.15, -0.1) is 0 Å². The molecule has 1 heterocycles. The van der Waals surface area contributed by atoms with Crippen molar-refractivity contribution >= 4 is 11.5 Å². The molecule has 0 saturated carbocycles. The summed E-state index contributed by atoms with van der Waals surface area (Å²) in [5.41, 5.74) is 5.50. The number of para-hydroxylation sites is 1. The zero-order chi connectivity index (χ0) is 10.8. The van der Waals surface area contributed by atoms with Gasteiger partial charge in [-0.25, -0.2) is 4.39 Å². The van der Waals surface area contributed by atoms with Crippen LogP contribution in [0.5, 0.6) is 0 Å². The highest BCUT2D eigenvalue weighted by Gasteiger charge is 2.20. The fourth-order valence-electron chi connectivity index (χ4n) is 1.44. The van der Waals surface area contributed by atoms with Crippen LogP contribution in [0.4, 0.5) is 10.1 Å². The van der Waals surface area contributed by atoms with Crippen LogP contribution in [0.1, 0.15) is 16.8 Å². The van der Waals surface area contributed by atoms with Crippen molar-refractivity contribution in [1.29, 1.82) is 0 Å². The number of hydrogen-bond donors (Lipinski definition) is 1. The van der Waals surface area contributed by atoms with E-state index >= 15 is 0 Å². The molecule has 3 nitrogen and oxygen atoms in total. The summed E-state index contributed by atoms with van der Waals surface area (Å²) in [4.78, 5) is 11.8. The van der Waals surface area contributed by atoms with Crippen molar-refractivity contribution in [2.75, 3.05) is 12.3 Å². The minimum absolute atomic E-state index is 0.126. The van der Waals surface area contributed by atoms with Crippen LogP contribution in [0.3, 0.4) is 0 Å². The number of benzene rings is 1. The predicted molar refractivity (Wildman–Crippen MR) is 53.8 cm³/mol. The number of rotatable bonds is 2. The standard InChI is InChI=1S/C11H10FNO2/c12-8-4-1-3-7(10(8)13)11(14)9-5-2-6-15-9/h1,3-5H,2,6,13H2. The largest absolute Gasteiger partial charge is 0.489 e. The fourth-order valence-corrected chi connectivity index (χ4v) is 1.44. The minimum atomic E-state index is -0.584. The monoisotopic (exact) mass is 207 g/mol. The fraction of sp³-hybridized carbons (Fsp3) is 0.182. The second-order valence-corrected chi connectivity index (χ2v) is 3.24. The van der Waals surface area contributed by atoms with Crippen molar-refractivity contribution in [3.8, 4) is 0 Å². The van der Waals surface area contributed by atoms with E-state index in [2.05, 4.69) is 0 Å². The number of allylic oxidation sites excluding steroid dienone is 1. The van der Waals surface area contributed by atoms with Gasteiger partial charge in [0.1, 0.15) is 5.82 Å². The molecule has 0 fully saturated rings. The highest BCUT2D eigenvalue weighted by Crippen LogP contribution is 2.21. The maximum Gasteiger partial charge on any atom is 0.229 e. The molecule has 1 aliphatic heterocycles. The number of ketones is 1. The number of halogens is 1. The first-order chi connectivity index (χ1) is 7.20. The maximum absolute atomic E-state index is 13.1. The van der Waals surface area contributed by atoms with Crippen molar-refractivity contribution in [1.82, 2.24) is 0 Å². The molecular weight excluding hydrogens is 197 g/mol. The van der Waals surface area contributed by atoms with E-state index in [0.717, 1.165) is 0 Å². The Hall–Kier alpha value is -1.84. The van der Waals surface area contributed by atoms with Gasteiger partial charge < -0.3 is 10.5 Å². The number of anilines is 1. The molecule has 0 bridgehead atoms. The second-order valence-electron chi connectivity index (χ2n) is 3.24. The van der Waals surface area contributed by atoms with E-state index in [9.17, 15) is 9.18 Å². The van der Waals surface area contributed by atoms with Crippen LogP contribution >= 0.6 is 0 Å². The van der Waals surface area contributed by atoms with Crippen molar-refractivity contribution in [3.63, 3.8) is 0 Å². The average Bonchev–Trinajstić information content (AvgIpc) is 2.74. The Bertz CT molecular complexity index is 440. The third-order valence-electron chi connectivity index (χ3n) is 2.23. The molecule has 0 amide bonds. The molecule has 0 unspecified atom stereocenters. The van der Waals surface area contributed by atoms with Crippen LogP contribution in [0.15, 0.2) is 30.0 Å². The summed E-state index contributed by atoms with van der Waals surface area (Å²) in [6.45, 7) is 0.496. The Labute approximate surface area is 86.3 Å². The van der Waals surface area contributed by atoms with Crippen LogP contribution < -0.4 is 5.73 Å². The number of carbonyl (C=O) groups is 1. The molecule has 0 radical (unpaired) electrons. The molecule has 15 heavy (non-hydrogen) atoms. The molecule has 0 saturated heterocycles. The molecule has 0 atom stereocenters. The highest BCUT2D eigenvalue weighted by molar-refractivity contribution is 6.10. The normalized spacial score (nSPS) is 14.6. The number of carbonyl (C=O) groups excluding carboxylic acids is 1. The molecule has 78 valence electrons. The first-order valence-electron chi connectivity index (χ1n) is 4.62. The van der Waals surface area contributed by atoms with Gasteiger partial charge >= 0.3 is 0 Å². The number of ether oxygens (including phenoxy) is 1. The Balaban J connectivity index is 2.37. The van der Waals surface area contributed by atoms with Gasteiger partial charge in [0, 0.05) is 6.42 Å². The van der Waals surface area contributed by atoms with E-state index in [0.29, 0.717) is 13.0 Å². The summed E-state index contributed by atoms with van der Waals surface area (Å²) in [6.07, 6.45) is 2.39. The van der Waals surface area contributed by atoms with Gasteiger partial charge in [-0.2, -0.15) is 0 Å².